The first-order chi connectivity index (χ1) is 11.3. The molecular weight excluding hydrogens is 288 g/mol. The predicted octanol–water partition coefficient (Wildman–Crippen LogP) is 3.27. The molecule has 1 aliphatic rings. The van der Waals surface area contributed by atoms with Gasteiger partial charge in [-0.3, -0.25) is 0 Å². The molecule has 1 heterocycles. The lowest BCUT2D eigenvalue weighted by Gasteiger charge is -2.32. The Morgan fingerprint density at radius 1 is 0.826 bits per heavy atom. The maximum absolute atomic E-state index is 5.81. The number of ether oxygens (including phenoxy) is 2. The second-order valence-electron chi connectivity index (χ2n) is 6.37. The van der Waals surface area contributed by atoms with Gasteiger partial charge in [-0.05, 0) is 57.1 Å². The van der Waals surface area contributed by atoms with E-state index in [1.54, 1.807) is 0 Å². The summed E-state index contributed by atoms with van der Waals surface area (Å²) in [6.45, 7) is 9.76. The molecule has 0 spiro atoms. The monoisotopic (exact) mass is 320 g/mol. The Balaban J connectivity index is 1.54. The third-order valence-electron chi connectivity index (χ3n) is 4.32. The third kappa shape index (κ3) is 7.23. The van der Waals surface area contributed by atoms with Gasteiger partial charge in [-0.15, -0.1) is 0 Å². The molecule has 2 rings (SSSR count). The molecule has 1 saturated heterocycles. The fourth-order valence-corrected chi connectivity index (χ4v) is 2.67. The first kappa shape index (κ1) is 18.1. The normalized spacial score (nSPS) is 16.4. The molecule has 0 N–H and O–H groups in total. The van der Waals surface area contributed by atoms with Crippen molar-refractivity contribution in [1.29, 1.82) is 0 Å². The molecule has 0 amide bonds. The van der Waals surface area contributed by atoms with Crippen molar-refractivity contribution in [2.24, 2.45) is 0 Å². The fourth-order valence-electron chi connectivity index (χ4n) is 2.67. The van der Waals surface area contributed by atoms with E-state index in [2.05, 4.69) is 23.8 Å². The van der Waals surface area contributed by atoms with Gasteiger partial charge in [0.2, 0.25) is 0 Å². The Bertz CT molecular complexity index is 414. The second kappa shape index (κ2) is 10.5. The second-order valence-corrected chi connectivity index (χ2v) is 6.37. The number of nitrogens with zero attached hydrogens (tertiary/aromatic N) is 2. The first-order valence-electron chi connectivity index (χ1n) is 9.04. The number of unbranched alkanes of at least 4 members (excludes halogenated alkanes) is 2. The van der Waals surface area contributed by atoms with Gasteiger partial charge in [0, 0.05) is 26.2 Å². The van der Waals surface area contributed by atoms with Gasteiger partial charge in [-0.25, -0.2) is 0 Å². The highest BCUT2D eigenvalue weighted by molar-refractivity contribution is 5.31. The summed E-state index contributed by atoms with van der Waals surface area (Å²) in [5.41, 5.74) is 0. The lowest BCUT2D eigenvalue weighted by atomic mass is 10.2. The van der Waals surface area contributed by atoms with E-state index in [-0.39, 0.29) is 0 Å². The summed E-state index contributed by atoms with van der Waals surface area (Å²) in [5.74, 6) is 1.87. The van der Waals surface area contributed by atoms with Crippen LogP contribution in [0.15, 0.2) is 24.3 Å². The van der Waals surface area contributed by atoms with E-state index < -0.39 is 0 Å². The zero-order chi connectivity index (χ0) is 16.3. The Morgan fingerprint density at radius 2 is 1.39 bits per heavy atom. The van der Waals surface area contributed by atoms with Gasteiger partial charge in [0.15, 0.2) is 0 Å². The zero-order valence-corrected chi connectivity index (χ0v) is 14.8. The van der Waals surface area contributed by atoms with Gasteiger partial charge in [0.1, 0.15) is 11.5 Å². The van der Waals surface area contributed by atoms with Gasteiger partial charge in [0.05, 0.1) is 13.2 Å². The largest absolute Gasteiger partial charge is 0.494 e. The van der Waals surface area contributed by atoms with E-state index in [0.717, 1.165) is 44.0 Å². The average Bonchev–Trinajstić information content (AvgIpc) is 2.58. The summed E-state index contributed by atoms with van der Waals surface area (Å²) in [4.78, 5) is 4.96. The molecule has 0 unspecified atom stereocenters. The van der Waals surface area contributed by atoms with E-state index in [4.69, 9.17) is 9.47 Å². The minimum absolute atomic E-state index is 0.795. The van der Waals surface area contributed by atoms with Crippen molar-refractivity contribution < 1.29 is 9.47 Å². The molecule has 0 atom stereocenters. The van der Waals surface area contributed by atoms with Crippen LogP contribution in [0.3, 0.4) is 0 Å². The number of hydrogen-bond donors (Lipinski definition) is 0. The van der Waals surface area contributed by atoms with Crippen LogP contribution in [0.1, 0.15) is 32.6 Å². The van der Waals surface area contributed by atoms with Crippen LogP contribution in [0, 0.1) is 0 Å². The first-order valence-corrected chi connectivity index (χ1v) is 9.04. The summed E-state index contributed by atoms with van der Waals surface area (Å²) >= 11 is 0. The molecule has 130 valence electrons. The van der Waals surface area contributed by atoms with Crippen LogP contribution < -0.4 is 9.47 Å². The van der Waals surface area contributed by atoms with Crippen LogP contribution in [0.25, 0.3) is 0 Å². The lowest BCUT2D eigenvalue weighted by molar-refractivity contribution is 0.150. The maximum atomic E-state index is 5.81. The summed E-state index contributed by atoms with van der Waals surface area (Å²) in [7, 11) is 2.20. The van der Waals surface area contributed by atoms with Crippen molar-refractivity contribution in [2.45, 2.75) is 32.6 Å². The van der Waals surface area contributed by atoms with E-state index in [9.17, 15) is 0 Å². The highest BCUT2D eigenvalue weighted by Gasteiger charge is 2.12. The van der Waals surface area contributed by atoms with E-state index in [1.165, 1.54) is 39.1 Å². The highest BCUT2D eigenvalue weighted by atomic mass is 16.5. The van der Waals surface area contributed by atoms with Gasteiger partial charge >= 0.3 is 0 Å². The third-order valence-corrected chi connectivity index (χ3v) is 4.32. The predicted molar refractivity (Wildman–Crippen MR) is 95.5 cm³/mol. The molecule has 0 bridgehead atoms. The fraction of sp³-hybridized carbons (Fsp3) is 0.684. The van der Waals surface area contributed by atoms with Gasteiger partial charge in [-0.2, -0.15) is 0 Å². The standard InChI is InChI=1S/C19H32N2O2/c1-3-4-16-22-18-7-9-19(10-8-18)23-17-6-5-11-21-14-12-20(2)13-15-21/h7-10H,3-6,11-17H2,1-2H3. The Labute approximate surface area is 141 Å². The van der Waals surface area contributed by atoms with E-state index >= 15 is 0 Å². The molecule has 1 fully saturated rings. The number of piperazine rings is 1. The summed E-state index contributed by atoms with van der Waals surface area (Å²) < 4.78 is 11.5. The number of rotatable bonds is 10. The average molecular weight is 320 g/mol. The summed E-state index contributed by atoms with van der Waals surface area (Å²) in [6, 6.07) is 7.99. The van der Waals surface area contributed by atoms with E-state index in [1.807, 2.05) is 24.3 Å². The van der Waals surface area contributed by atoms with Crippen molar-refractivity contribution in [3.8, 4) is 11.5 Å². The molecule has 4 nitrogen and oxygen atoms in total. The van der Waals surface area contributed by atoms with Gasteiger partial charge < -0.3 is 19.3 Å². The SMILES string of the molecule is CCCCOc1ccc(OCCCCN2CCN(C)CC2)cc1. The summed E-state index contributed by atoms with van der Waals surface area (Å²) in [6.07, 6.45) is 4.59. The van der Waals surface area contributed by atoms with Crippen LogP contribution in [-0.4, -0.2) is 62.8 Å². The van der Waals surface area contributed by atoms with Crippen molar-refractivity contribution >= 4 is 0 Å². The van der Waals surface area contributed by atoms with Crippen molar-refractivity contribution in [3.05, 3.63) is 24.3 Å². The molecule has 23 heavy (non-hydrogen) atoms. The molecule has 0 saturated carbocycles. The van der Waals surface area contributed by atoms with Gasteiger partial charge in [-0.1, -0.05) is 13.3 Å². The minimum atomic E-state index is 0.795. The van der Waals surface area contributed by atoms with Crippen LogP contribution in [0.2, 0.25) is 0 Å². The van der Waals surface area contributed by atoms with Crippen LogP contribution >= 0.6 is 0 Å². The zero-order valence-electron chi connectivity index (χ0n) is 14.8. The number of benzene rings is 1. The Morgan fingerprint density at radius 3 is 1.96 bits per heavy atom. The quantitative estimate of drug-likeness (QED) is 0.618. The van der Waals surface area contributed by atoms with Crippen LogP contribution in [0.5, 0.6) is 11.5 Å². The molecule has 4 heteroatoms. The van der Waals surface area contributed by atoms with Crippen molar-refractivity contribution in [3.63, 3.8) is 0 Å². The lowest BCUT2D eigenvalue weighted by Crippen LogP contribution is -2.44. The molecule has 1 aromatic carbocycles. The van der Waals surface area contributed by atoms with Crippen molar-refractivity contribution in [1.82, 2.24) is 9.80 Å². The van der Waals surface area contributed by atoms with Crippen LogP contribution in [0.4, 0.5) is 0 Å². The maximum Gasteiger partial charge on any atom is 0.119 e. The molecule has 0 aromatic heterocycles. The minimum Gasteiger partial charge on any atom is -0.494 e. The molecule has 1 aliphatic heterocycles. The van der Waals surface area contributed by atoms with Gasteiger partial charge in [0.25, 0.3) is 0 Å². The van der Waals surface area contributed by atoms with Crippen molar-refractivity contribution in [2.75, 3.05) is 53.0 Å². The number of likely N-dealkylation sites (N-methyl/N-ethyl adjacent to an activating group) is 1. The molecule has 0 radical (unpaired) electrons. The smallest absolute Gasteiger partial charge is 0.119 e. The Hall–Kier alpha value is -1.26. The number of hydrogen-bond acceptors (Lipinski definition) is 4. The molecular formula is C19H32N2O2. The molecule has 0 aliphatic carbocycles. The van der Waals surface area contributed by atoms with Crippen LogP contribution in [-0.2, 0) is 0 Å². The van der Waals surface area contributed by atoms with E-state index in [0.29, 0.717) is 0 Å². The Kier molecular flexibility index (Phi) is 8.26. The molecule has 1 aromatic rings. The highest BCUT2D eigenvalue weighted by Crippen LogP contribution is 2.18. The summed E-state index contributed by atoms with van der Waals surface area (Å²) in [5, 5.41) is 0. The topological polar surface area (TPSA) is 24.9 Å².